The number of aliphatic hydroxyl groups excluding tert-OH is 3. The highest BCUT2D eigenvalue weighted by atomic mass is 16.5. The summed E-state index contributed by atoms with van der Waals surface area (Å²) < 4.78 is 13.5. The molecular formula is C31H42O6. The van der Waals surface area contributed by atoms with Crippen molar-refractivity contribution < 1.29 is 29.6 Å². The molecule has 1 aromatic rings. The molecule has 2 spiro atoms. The van der Waals surface area contributed by atoms with Gasteiger partial charge in [0.15, 0.2) is 5.60 Å². The Morgan fingerprint density at radius 2 is 1.54 bits per heavy atom. The molecule has 3 N–H and O–H groups in total. The molecule has 6 nitrogen and oxygen atoms in total. The van der Waals surface area contributed by atoms with Crippen LogP contribution in [-0.4, -0.2) is 59.2 Å². The van der Waals surface area contributed by atoms with Gasteiger partial charge in [-0.25, -0.2) is 0 Å². The summed E-state index contributed by atoms with van der Waals surface area (Å²) >= 11 is 0. The number of ketones is 1. The van der Waals surface area contributed by atoms with Gasteiger partial charge in [-0.05, 0) is 116 Å². The number of hydrogen-bond donors (Lipinski definition) is 3. The third-order valence-corrected chi connectivity index (χ3v) is 11.2. The van der Waals surface area contributed by atoms with Crippen molar-refractivity contribution in [3.63, 3.8) is 0 Å². The van der Waals surface area contributed by atoms with Gasteiger partial charge in [-0.1, -0.05) is 13.8 Å². The summed E-state index contributed by atoms with van der Waals surface area (Å²) in [5, 5.41) is 30.4. The highest BCUT2D eigenvalue weighted by molar-refractivity contribution is 6.06. The molecule has 1 heterocycles. The molecule has 0 radical (unpaired) electrons. The number of rotatable bonds is 5. The Bertz CT molecular complexity index is 1230. The second kappa shape index (κ2) is 7.91. The molecule has 6 rings (SSSR count). The van der Waals surface area contributed by atoms with E-state index in [1.54, 1.807) is 7.11 Å². The van der Waals surface area contributed by atoms with Crippen LogP contribution in [0.1, 0.15) is 80.7 Å². The van der Waals surface area contributed by atoms with Crippen molar-refractivity contribution in [3.8, 4) is 5.75 Å². The van der Waals surface area contributed by atoms with Crippen molar-refractivity contribution >= 4 is 5.78 Å². The molecule has 5 aliphatic rings. The smallest absolute Gasteiger partial charge is 0.203 e. The van der Waals surface area contributed by atoms with Gasteiger partial charge in [0.1, 0.15) is 5.75 Å². The number of hydrogen-bond acceptors (Lipinski definition) is 6. The fourth-order valence-corrected chi connectivity index (χ4v) is 8.78. The quantitative estimate of drug-likeness (QED) is 0.561. The minimum Gasteiger partial charge on any atom is -0.478 e. The van der Waals surface area contributed by atoms with Crippen LogP contribution in [0.4, 0.5) is 0 Å². The van der Waals surface area contributed by atoms with E-state index < -0.39 is 16.6 Å². The van der Waals surface area contributed by atoms with Gasteiger partial charge in [0, 0.05) is 32.5 Å². The Morgan fingerprint density at radius 3 is 2.14 bits per heavy atom. The SMILES string of the molecule is COC1(C)C2=C(CC(C)(CO)C2)C(=O)C2(CCc3c(CCO)c(C)c4c(c3O2)CC(C)(CO)C4)C12CC2. The van der Waals surface area contributed by atoms with E-state index in [0.717, 1.165) is 65.7 Å². The summed E-state index contributed by atoms with van der Waals surface area (Å²) in [6.45, 7) is 8.65. The number of methoxy groups -OCH3 is 1. The monoisotopic (exact) mass is 510 g/mol. The van der Waals surface area contributed by atoms with E-state index in [9.17, 15) is 20.1 Å². The zero-order valence-electron chi connectivity index (χ0n) is 23.1. The van der Waals surface area contributed by atoms with Crippen LogP contribution >= 0.6 is 0 Å². The van der Waals surface area contributed by atoms with Gasteiger partial charge in [0.2, 0.25) is 5.78 Å². The van der Waals surface area contributed by atoms with Gasteiger partial charge < -0.3 is 24.8 Å². The molecule has 0 saturated heterocycles. The molecule has 1 fully saturated rings. The van der Waals surface area contributed by atoms with Gasteiger partial charge in [-0.2, -0.15) is 0 Å². The highest BCUT2D eigenvalue weighted by Gasteiger charge is 2.78. The predicted octanol–water partition coefficient (Wildman–Crippen LogP) is 3.55. The van der Waals surface area contributed by atoms with Crippen molar-refractivity contribution in [2.75, 3.05) is 26.9 Å². The average molecular weight is 511 g/mol. The maximum absolute atomic E-state index is 14.6. The second-order valence-electron chi connectivity index (χ2n) is 13.5. The van der Waals surface area contributed by atoms with Crippen molar-refractivity contribution in [1.82, 2.24) is 0 Å². The Morgan fingerprint density at radius 1 is 0.892 bits per heavy atom. The van der Waals surface area contributed by atoms with E-state index in [-0.39, 0.29) is 36.4 Å². The first-order chi connectivity index (χ1) is 17.5. The minimum atomic E-state index is -0.998. The molecule has 0 amide bonds. The van der Waals surface area contributed by atoms with Crippen LogP contribution in [0.3, 0.4) is 0 Å². The van der Waals surface area contributed by atoms with Crippen LogP contribution in [0.2, 0.25) is 0 Å². The Labute approximate surface area is 220 Å². The van der Waals surface area contributed by atoms with E-state index in [1.807, 2.05) is 0 Å². The summed E-state index contributed by atoms with van der Waals surface area (Å²) in [5.74, 6) is 0.927. The first-order valence-electron chi connectivity index (χ1n) is 14.0. The lowest BCUT2D eigenvalue weighted by atomic mass is 9.58. The lowest BCUT2D eigenvalue weighted by Crippen LogP contribution is -2.66. The molecule has 1 aliphatic heterocycles. The van der Waals surface area contributed by atoms with Crippen molar-refractivity contribution in [3.05, 3.63) is 39.0 Å². The molecular weight excluding hydrogens is 468 g/mol. The first kappa shape index (κ1) is 25.5. The Balaban J connectivity index is 1.54. The van der Waals surface area contributed by atoms with Crippen LogP contribution in [0.25, 0.3) is 0 Å². The number of ether oxygens (including phenoxy) is 2. The maximum atomic E-state index is 14.6. The van der Waals surface area contributed by atoms with Gasteiger partial charge in [-0.15, -0.1) is 0 Å². The highest BCUT2D eigenvalue weighted by Crippen LogP contribution is 2.73. The van der Waals surface area contributed by atoms with E-state index in [0.29, 0.717) is 25.7 Å². The largest absolute Gasteiger partial charge is 0.478 e. The van der Waals surface area contributed by atoms with E-state index in [4.69, 9.17) is 9.47 Å². The third kappa shape index (κ3) is 3.04. The Kier molecular flexibility index (Phi) is 5.46. The van der Waals surface area contributed by atoms with E-state index >= 15 is 0 Å². The number of Topliss-reactive ketones (excluding diaryl/α,β-unsaturated/α-hetero) is 1. The molecule has 0 bridgehead atoms. The van der Waals surface area contributed by atoms with E-state index in [1.165, 1.54) is 11.1 Å². The van der Waals surface area contributed by atoms with Crippen molar-refractivity contribution in [2.24, 2.45) is 16.2 Å². The summed E-state index contributed by atoms with van der Waals surface area (Å²) in [4.78, 5) is 14.6. The number of benzene rings is 1. The predicted molar refractivity (Wildman–Crippen MR) is 140 cm³/mol. The summed E-state index contributed by atoms with van der Waals surface area (Å²) in [6.07, 6.45) is 6.34. The lowest BCUT2D eigenvalue weighted by molar-refractivity contribution is -0.164. The minimum absolute atomic E-state index is 0.0355. The zero-order chi connectivity index (χ0) is 26.6. The van der Waals surface area contributed by atoms with E-state index in [2.05, 4.69) is 27.7 Å². The molecule has 202 valence electrons. The van der Waals surface area contributed by atoms with Crippen molar-refractivity contribution in [1.29, 1.82) is 0 Å². The van der Waals surface area contributed by atoms with Gasteiger partial charge >= 0.3 is 0 Å². The fraction of sp³-hybridized carbons (Fsp3) is 0.710. The van der Waals surface area contributed by atoms with Gasteiger partial charge in [0.25, 0.3) is 0 Å². The molecule has 4 atom stereocenters. The molecule has 37 heavy (non-hydrogen) atoms. The average Bonchev–Trinajstić information content (AvgIpc) is 3.53. The first-order valence-corrected chi connectivity index (χ1v) is 14.0. The number of aliphatic hydroxyl groups is 3. The number of carbonyl (C=O) groups excluding carboxylic acids is 1. The van der Waals surface area contributed by atoms with Gasteiger partial charge in [-0.3, -0.25) is 4.79 Å². The third-order valence-electron chi connectivity index (χ3n) is 11.2. The summed E-state index contributed by atoms with van der Waals surface area (Å²) in [6, 6.07) is 0. The fourth-order valence-electron chi connectivity index (χ4n) is 8.78. The topological polar surface area (TPSA) is 96.2 Å². The van der Waals surface area contributed by atoms with Gasteiger partial charge in [0.05, 0.1) is 11.0 Å². The van der Waals surface area contributed by atoms with Crippen molar-refractivity contribution in [2.45, 2.75) is 96.7 Å². The molecule has 4 aliphatic carbocycles. The molecule has 0 aromatic heterocycles. The van der Waals surface area contributed by atoms with Crippen LogP contribution in [-0.2, 0) is 35.2 Å². The Hall–Kier alpha value is -1.73. The molecule has 6 heteroatoms. The van der Waals surface area contributed by atoms with Crippen LogP contribution in [0.15, 0.2) is 11.1 Å². The molecule has 1 aromatic carbocycles. The normalized spacial score (nSPS) is 37.1. The van der Waals surface area contributed by atoms with Crippen LogP contribution < -0.4 is 4.74 Å². The summed E-state index contributed by atoms with van der Waals surface area (Å²) in [7, 11) is 1.76. The lowest BCUT2D eigenvalue weighted by Gasteiger charge is -2.54. The summed E-state index contributed by atoms with van der Waals surface area (Å²) in [5.41, 5.74) is 5.04. The standard InChI is InChI=1S/C31H42O6/c1-18-19(7-11-32)20-6-8-31(37-25(20)22-13-27(2,16-33)12-21(18)22)26(35)23-14-28(3,17-34)15-24(23)29(4,36-5)30(31)9-10-30/h32-34H,6-17H2,1-5H3. The van der Waals surface area contributed by atoms with Crippen LogP contribution in [0, 0.1) is 23.2 Å². The number of fused-ring (bicyclic) bond motifs is 4. The number of carbonyl (C=O) groups is 1. The van der Waals surface area contributed by atoms with Crippen LogP contribution in [0.5, 0.6) is 5.75 Å². The zero-order valence-corrected chi connectivity index (χ0v) is 23.1. The molecule has 4 unspecified atom stereocenters. The molecule has 1 saturated carbocycles. The second-order valence-corrected chi connectivity index (χ2v) is 13.5. The maximum Gasteiger partial charge on any atom is 0.203 e.